The molecule has 0 rings (SSSR count). The Morgan fingerprint density at radius 1 is 1.20 bits per heavy atom. The molecule has 0 aromatic heterocycles. The average Bonchev–Trinajstić information content (AvgIpc) is 2.43. The summed E-state index contributed by atoms with van der Waals surface area (Å²) in [4.78, 5) is 36.5. The Hall–Kier alpha value is -1.63. The predicted molar refractivity (Wildman–Crippen MR) is 74.8 cm³/mol. The van der Waals surface area contributed by atoms with Crippen LogP contribution in [0.15, 0.2) is 0 Å². The topological polar surface area (TPSA) is 102 Å². The van der Waals surface area contributed by atoms with Crippen molar-refractivity contribution in [3.63, 3.8) is 0 Å². The Labute approximate surface area is 119 Å². The molecule has 0 aliphatic rings. The van der Waals surface area contributed by atoms with Crippen LogP contribution in [-0.4, -0.2) is 55.0 Å². The first-order valence-electron chi connectivity index (χ1n) is 6.95. The number of nitrogens with two attached hydrogens (primary N) is 1. The van der Waals surface area contributed by atoms with Crippen molar-refractivity contribution in [2.75, 3.05) is 26.2 Å². The third kappa shape index (κ3) is 6.51. The summed E-state index contributed by atoms with van der Waals surface area (Å²) >= 11 is 0. The summed E-state index contributed by atoms with van der Waals surface area (Å²) in [5.41, 5.74) is 5.56. The zero-order chi connectivity index (χ0) is 15.5. The van der Waals surface area contributed by atoms with Gasteiger partial charge >= 0.3 is 5.97 Å². The summed E-state index contributed by atoms with van der Waals surface area (Å²) in [5, 5.41) is 2.68. The van der Waals surface area contributed by atoms with Gasteiger partial charge in [0.1, 0.15) is 0 Å². The van der Waals surface area contributed by atoms with Gasteiger partial charge in [0.2, 0.25) is 5.91 Å². The van der Waals surface area contributed by atoms with E-state index in [-0.39, 0.29) is 19.1 Å². The first-order chi connectivity index (χ1) is 9.47. The minimum absolute atomic E-state index is 0.0974. The standard InChI is InChI=1S/C13H25N3O4/c1-4-7-15-10(17)9-16(8-5-2)12(18)11(14)13(19)20-6-3/h11H,4-9,14H2,1-3H3,(H,15,17). The lowest BCUT2D eigenvalue weighted by molar-refractivity contribution is -0.151. The highest BCUT2D eigenvalue weighted by Crippen LogP contribution is 1.98. The predicted octanol–water partition coefficient (Wildman–Crippen LogP) is -0.358. The molecule has 0 saturated carbocycles. The molecule has 0 radical (unpaired) electrons. The lowest BCUT2D eigenvalue weighted by atomic mass is 10.2. The molecule has 2 amide bonds. The third-order valence-electron chi connectivity index (χ3n) is 2.52. The number of hydrogen-bond acceptors (Lipinski definition) is 5. The van der Waals surface area contributed by atoms with Crippen molar-refractivity contribution in [1.29, 1.82) is 0 Å². The van der Waals surface area contributed by atoms with Gasteiger partial charge in [-0.2, -0.15) is 0 Å². The number of hydrogen-bond donors (Lipinski definition) is 2. The summed E-state index contributed by atoms with van der Waals surface area (Å²) < 4.78 is 4.71. The highest BCUT2D eigenvalue weighted by Gasteiger charge is 2.28. The second-order valence-electron chi connectivity index (χ2n) is 4.34. The van der Waals surface area contributed by atoms with E-state index in [0.29, 0.717) is 19.5 Å². The number of amides is 2. The zero-order valence-electron chi connectivity index (χ0n) is 12.5. The van der Waals surface area contributed by atoms with Crippen LogP contribution >= 0.6 is 0 Å². The smallest absolute Gasteiger partial charge is 0.332 e. The molecule has 0 spiro atoms. The normalized spacial score (nSPS) is 11.6. The molecule has 0 aromatic rings. The molecule has 3 N–H and O–H groups in total. The maximum absolute atomic E-state index is 12.1. The first kappa shape index (κ1) is 18.4. The fraction of sp³-hybridized carbons (Fsp3) is 0.769. The van der Waals surface area contributed by atoms with E-state index in [9.17, 15) is 14.4 Å². The van der Waals surface area contributed by atoms with Gasteiger partial charge in [0.15, 0.2) is 6.04 Å². The van der Waals surface area contributed by atoms with E-state index in [1.54, 1.807) is 6.92 Å². The first-order valence-corrected chi connectivity index (χ1v) is 6.95. The minimum atomic E-state index is -1.37. The molecule has 0 saturated heterocycles. The molecule has 1 unspecified atom stereocenters. The molecule has 7 nitrogen and oxygen atoms in total. The van der Waals surface area contributed by atoms with Crippen molar-refractivity contribution in [3.05, 3.63) is 0 Å². The van der Waals surface area contributed by atoms with E-state index < -0.39 is 17.9 Å². The van der Waals surface area contributed by atoms with Gasteiger partial charge in [-0.15, -0.1) is 0 Å². The fourth-order valence-electron chi connectivity index (χ4n) is 1.56. The molecule has 0 bridgehead atoms. The van der Waals surface area contributed by atoms with Crippen molar-refractivity contribution in [2.45, 2.75) is 39.7 Å². The molecule has 0 aliphatic heterocycles. The fourth-order valence-corrected chi connectivity index (χ4v) is 1.56. The molecule has 0 heterocycles. The Morgan fingerprint density at radius 3 is 2.35 bits per heavy atom. The number of esters is 1. The number of carbonyl (C=O) groups is 3. The van der Waals surface area contributed by atoms with E-state index in [1.807, 2.05) is 13.8 Å². The second kappa shape index (κ2) is 10.2. The van der Waals surface area contributed by atoms with Gasteiger partial charge in [-0.05, 0) is 19.8 Å². The van der Waals surface area contributed by atoms with Crippen molar-refractivity contribution in [1.82, 2.24) is 10.2 Å². The molecule has 0 aliphatic carbocycles. The number of nitrogens with zero attached hydrogens (tertiary/aromatic N) is 1. The van der Waals surface area contributed by atoms with Crippen molar-refractivity contribution < 1.29 is 19.1 Å². The van der Waals surface area contributed by atoms with Crippen LogP contribution in [0.1, 0.15) is 33.6 Å². The molecule has 1 atom stereocenters. The number of ether oxygens (including phenoxy) is 1. The molecule has 116 valence electrons. The number of nitrogens with one attached hydrogen (secondary N) is 1. The molecule has 0 aromatic carbocycles. The third-order valence-corrected chi connectivity index (χ3v) is 2.52. The van der Waals surface area contributed by atoms with E-state index in [1.165, 1.54) is 4.90 Å². The Bertz CT molecular complexity index is 334. The van der Waals surface area contributed by atoms with Crippen LogP contribution in [0.2, 0.25) is 0 Å². The summed E-state index contributed by atoms with van der Waals surface area (Å²) in [6.45, 7) is 6.43. The van der Waals surface area contributed by atoms with Gasteiger partial charge in [-0.1, -0.05) is 13.8 Å². The van der Waals surface area contributed by atoms with Crippen LogP contribution in [-0.2, 0) is 19.1 Å². The largest absolute Gasteiger partial charge is 0.464 e. The molecule has 20 heavy (non-hydrogen) atoms. The van der Waals surface area contributed by atoms with Gasteiger partial charge in [-0.3, -0.25) is 9.59 Å². The van der Waals surface area contributed by atoms with Gasteiger partial charge < -0.3 is 20.7 Å². The number of rotatable bonds is 9. The van der Waals surface area contributed by atoms with Crippen molar-refractivity contribution in [3.8, 4) is 0 Å². The van der Waals surface area contributed by atoms with Crippen LogP contribution in [0.25, 0.3) is 0 Å². The lowest BCUT2D eigenvalue weighted by Crippen LogP contribution is -2.51. The van der Waals surface area contributed by atoms with Crippen molar-refractivity contribution >= 4 is 17.8 Å². The van der Waals surface area contributed by atoms with Gasteiger partial charge in [-0.25, -0.2) is 4.79 Å². The summed E-state index contributed by atoms with van der Waals surface area (Å²) in [6.07, 6.45) is 1.48. The zero-order valence-corrected chi connectivity index (χ0v) is 12.5. The minimum Gasteiger partial charge on any atom is -0.464 e. The monoisotopic (exact) mass is 287 g/mol. The van der Waals surface area contributed by atoms with Crippen LogP contribution in [0.5, 0.6) is 0 Å². The van der Waals surface area contributed by atoms with E-state index >= 15 is 0 Å². The van der Waals surface area contributed by atoms with Crippen molar-refractivity contribution in [2.24, 2.45) is 5.73 Å². The Kier molecular flexibility index (Phi) is 9.36. The van der Waals surface area contributed by atoms with E-state index in [2.05, 4.69) is 5.32 Å². The molecule has 0 fully saturated rings. The maximum atomic E-state index is 12.1. The SMILES string of the molecule is CCCNC(=O)CN(CCC)C(=O)C(N)C(=O)OCC. The lowest BCUT2D eigenvalue weighted by Gasteiger charge is -2.24. The molecular formula is C13H25N3O4. The molecular weight excluding hydrogens is 262 g/mol. The Balaban J connectivity index is 4.60. The maximum Gasteiger partial charge on any atom is 0.332 e. The van der Waals surface area contributed by atoms with Crippen LogP contribution in [0.4, 0.5) is 0 Å². The van der Waals surface area contributed by atoms with Gasteiger partial charge in [0.05, 0.1) is 13.2 Å². The van der Waals surface area contributed by atoms with Crippen LogP contribution in [0, 0.1) is 0 Å². The highest BCUT2D eigenvalue weighted by molar-refractivity contribution is 6.02. The van der Waals surface area contributed by atoms with E-state index in [0.717, 1.165) is 6.42 Å². The highest BCUT2D eigenvalue weighted by atomic mass is 16.5. The number of carbonyl (C=O) groups excluding carboxylic acids is 3. The average molecular weight is 287 g/mol. The molecule has 7 heteroatoms. The summed E-state index contributed by atoms with van der Waals surface area (Å²) in [7, 11) is 0. The second-order valence-corrected chi connectivity index (χ2v) is 4.34. The quantitative estimate of drug-likeness (QED) is 0.445. The Morgan fingerprint density at radius 2 is 1.85 bits per heavy atom. The van der Waals surface area contributed by atoms with Gasteiger partial charge in [0.25, 0.3) is 5.91 Å². The van der Waals surface area contributed by atoms with Crippen LogP contribution in [0.3, 0.4) is 0 Å². The summed E-state index contributed by atoms with van der Waals surface area (Å²) in [5.74, 6) is -1.62. The van der Waals surface area contributed by atoms with Crippen LogP contribution < -0.4 is 11.1 Å². The van der Waals surface area contributed by atoms with Gasteiger partial charge in [0, 0.05) is 13.1 Å². The van der Waals surface area contributed by atoms with E-state index in [4.69, 9.17) is 10.5 Å². The summed E-state index contributed by atoms with van der Waals surface area (Å²) in [6, 6.07) is -1.37.